The Bertz CT molecular complexity index is 549. The van der Waals surface area contributed by atoms with Gasteiger partial charge in [-0.1, -0.05) is 156 Å². The van der Waals surface area contributed by atoms with Gasteiger partial charge in [0.05, 0.1) is 0 Å². The predicted molar refractivity (Wildman–Crippen MR) is 158 cm³/mol. The van der Waals surface area contributed by atoms with Crippen LogP contribution >= 0.6 is 0 Å². The summed E-state index contributed by atoms with van der Waals surface area (Å²) in [6.07, 6.45) is 37.9. The Balaban J connectivity index is 2.34. The Morgan fingerprint density at radius 1 is 0.543 bits per heavy atom. The first-order valence-corrected chi connectivity index (χ1v) is 16.3. The topological polar surface area (TPSA) is 17.8 Å². The minimum Gasteiger partial charge on any atom is -0.332 e. The monoisotopic (exact) mass is 489 g/mol. The molecular formula is C33H64N2. The molecule has 0 spiro atoms. The van der Waals surface area contributed by atoms with E-state index in [0.29, 0.717) is 12.0 Å². The van der Waals surface area contributed by atoms with Gasteiger partial charge in [0.25, 0.3) is 0 Å². The Kier molecular flexibility index (Phi) is 21.7. The van der Waals surface area contributed by atoms with Crippen LogP contribution in [0.4, 0.5) is 0 Å². The second-order valence-electron chi connectivity index (χ2n) is 11.5. The van der Waals surface area contributed by atoms with E-state index in [1.165, 1.54) is 160 Å². The molecule has 206 valence electrons. The summed E-state index contributed by atoms with van der Waals surface area (Å²) in [7, 11) is 0. The highest BCUT2D eigenvalue weighted by Crippen LogP contribution is 2.30. The van der Waals surface area contributed by atoms with Crippen molar-refractivity contribution in [3.05, 3.63) is 18.2 Å². The van der Waals surface area contributed by atoms with Gasteiger partial charge in [0.15, 0.2) is 0 Å². The molecule has 0 N–H and O–H groups in total. The molecule has 2 nitrogen and oxygen atoms in total. The SMILES string of the molecule is CCCCCCCCCCCCCCC(CCCCC)c1nccn1C(C)CCCCCCCC. The van der Waals surface area contributed by atoms with Crippen molar-refractivity contribution in [3.8, 4) is 0 Å². The average Bonchev–Trinajstić information content (AvgIpc) is 3.35. The van der Waals surface area contributed by atoms with Crippen molar-refractivity contribution in [1.82, 2.24) is 9.55 Å². The standard InChI is InChI=1S/C33H64N2/c1-5-8-11-13-15-16-17-18-19-20-22-25-28-32(27-23-10-7-3)33-34-29-30-35(33)31(4)26-24-21-14-12-9-6-2/h29-32H,5-28H2,1-4H3. The molecule has 1 rings (SSSR count). The first-order chi connectivity index (χ1) is 17.2. The molecule has 0 amide bonds. The third-order valence-electron chi connectivity index (χ3n) is 8.08. The van der Waals surface area contributed by atoms with E-state index in [4.69, 9.17) is 4.98 Å². The molecule has 1 heterocycles. The van der Waals surface area contributed by atoms with Crippen LogP contribution in [0.2, 0.25) is 0 Å². The van der Waals surface area contributed by atoms with Crippen LogP contribution in [0.15, 0.2) is 12.4 Å². The lowest BCUT2D eigenvalue weighted by Crippen LogP contribution is -2.13. The van der Waals surface area contributed by atoms with E-state index >= 15 is 0 Å². The van der Waals surface area contributed by atoms with E-state index in [9.17, 15) is 0 Å². The molecular weight excluding hydrogens is 424 g/mol. The highest BCUT2D eigenvalue weighted by atomic mass is 15.1. The van der Waals surface area contributed by atoms with Crippen molar-refractivity contribution in [1.29, 1.82) is 0 Å². The highest BCUT2D eigenvalue weighted by Gasteiger charge is 2.19. The molecule has 0 saturated heterocycles. The van der Waals surface area contributed by atoms with Gasteiger partial charge < -0.3 is 4.57 Å². The minimum atomic E-state index is 0.592. The molecule has 0 aromatic carbocycles. The molecule has 0 aliphatic carbocycles. The maximum atomic E-state index is 4.92. The van der Waals surface area contributed by atoms with Gasteiger partial charge in [0, 0.05) is 24.4 Å². The van der Waals surface area contributed by atoms with E-state index in [0.717, 1.165) is 0 Å². The number of hydrogen-bond acceptors (Lipinski definition) is 1. The number of hydrogen-bond donors (Lipinski definition) is 0. The normalized spacial score (nSPS) is 13.4. The van der Waals surface area contributed by atoms with Gasteiger partial charge in [-0.25, -0.2) is 4.98 Å². The molecule has 2 heteroatoms. The Morgan fingerprint density at radius 2 is 0.914 bits per heavy atom. The van der Waals surface area contributed by atoms with Crippen LogP contribution in [0.3, 0.4) is 0 Å². The Hall–Kier alpha value is -0.790. The molecule has 35 heavy (non-hydrogen) atoms. The van der Waals surface area contributed by atoms with E-state index in [-0.39, 0.29) is 0 Å². The van der Waals surface area contributed by atoms with Crippen molar-refractivity contribution in [2.24, 2.45) is 0 Å². The smallest absolute Gasteiger partial charge is 0.111 e. The third-order valence-corrected chi connectivity index (χ3v) is 8.08. The summed E-state index contributed by atoms with van der Waals surface area (Å²) in [5, 5.41) is 0. The first-order valence-electron chi connectivity index (χ1n) is 16.3. The second-order valence-corrected chi connectivity index (χ2v) is 11.5. The van der Waals surface area contributed by atoms with Crippen LogP contribution < -0.4 is 0 Å². The summed E-state index contributed by atoms with van der Waals surface area (Å²) in [4.78, 5) is 4.92. The molecule has 0 radical (unpaired) electrons. The quantitative estimate of drug-likeness (QED) is 0.118. The molecule has 0 aliphatic rings. The van der Waals surface area contributed by atoms with Gasteiger partial charge in [0.2, 0.25) is 0 Å². The molecule has 1 aromatic heterocycles. The zero-order chi connectivity index (χ0) is 25.4. The Labute approximate surface area is 221 Å². The van der Waals surface area contributed by atoms with Crippen molar-refractivity contribution in [2.45, 2.75) is 194 Å². The summed E-state index contributed by atoms with van der Waals surface area (Å²) in [6.45, 7) is 9.35. The van der Waals surface area contributed by atoms with Crippen LogP contribution in [0, 0.1) is 0 Å². The van der Waals surface area contributed by atoms with Gasteiger partial charge in [-0.2, -0.15) is 0 Å². The van der Waals surface area contributed by atoms with Crippen LogP contribution in [-0.2, 0) is 0 Å². The Morgan fingerprint density at radius 3 is 1.40 bits per heavy atom. The maximum Gasteiger partial charge on any atom is 0.111 e. The van der Waals surface area contributed by atoms with Crippen molar-refractivity contribution in [2.75, 3.05) is 0 Å². The highest BCUT2D eigenvalue weighted by molar-refractivity contribution is 5.02. The van der Waals surface area contributed by atoms with Crippen molar-refractivity contribution >= 4 is 0 Å². The predicted octanol–water partition coefficient (Wildman–Crippen LogP) is 11.9. The molecule has 0 aliphatic heterocycles. The molecule has 1 aromatic rings. The van der Waals surface area contributed by atoms with Crippen LogP contribution in [0.1, 0.15) is 200 Å². The average molecular weight is 489 g/mol. The van der Waals surface area contributed by atoms with Gasteiger partial charge in [-0.3, -0.25) is 0 Å². The zero-order valence-electron chi connectivity index (χ0n) is 24.7. The molecule has 0 bridgehead atoms. The fraction of sp³-hybridized carbons (Fsp3) is 0.909. The molecule has 2 unspecified atom stereocenters. The van der Waals surface area contributed by atoms with Gasteiger partial charge >= 0.3 is 0 Å². The van der Waals surface area contributed by atoms with E-state index in [2.05, 4.69) is 44.7 Å². The summed E-state index contributed by atoms with van der Waals surface area (Å²) < 4.78 is 2.54. The van der Waals surface area contributed by atoms with Crippen LogP contribution in [-0.4, -0.2) is 9.55 Å². The van der Waals surface area contributed by atoms with Crippen LogP contribution in [0.5, 0.6) is 0 Å². The molecule has 0 fully saturated rings. The largest absolute Gasteiger partial charge is 0.332 e. The zero-order valence-corrected chi connectivity index (χ0v) is 24.7. The molecule has 2 atom stereocenters. The van der Waals surface area contributed by atoms with Gasteiger partial charge in [-0.15, -0.1) is 0 Å². The van der Waals surface area contributed by atoms with E-state index in [1.54, 1.807) is 0 Å². The summed E-state index contributed by atoms with van der Waals surface area (Å²) >= 11 is 0. The second kappa shape index (κ2) is 23.6. The lowest BCUT2D eigenvalue weighted by molar-refractivity contribution is 0.414. The summed E-state index contributed by atoms with van der Waals surface area (Å²) in [5.41, 5.74) is 0. The number of nitrogens with zero attached hydrogens (tertiary/aromatic N) is 2. The van der Waals surface area contributed by atoms with Gasteiger partial charge in [0.1, 0.15) is 5.82 Å². The van der Waals surface area contributed by atoms with Crippen LogP contribution in [0.25, 0.3) is 0 Å². The van der Waals surface area contributed by atoms with E-state index in [1.807, 2.05) is 0 Å². The fourth-order valence-electron chi connectivity index (χ4n) is 5.65. The molecule has 0 saturated carbocycles. The number of imidazole rings is 1. The minimum absolute atomic E-state index is 0.592. The van der Waals surface area contributed by atoms with Gasteiger partial charge in [-0.05, 0) is 26.2 Å². The van der Waals surface area contributed by atoms with Crippen molar-refractivity contribution in [3.63, 3.8) is 0 Å². The summed E-state index contributed by atoms with van der Waals surface area (Å²) in [6, 6.07) is 0.592. The maximum absolute atomic E-state index is 4.92. The van der Waals surface area contributed by atoms with Crippen molar-refractivity contribution < 1.29 is 0 Å². The third kappa shape index (κ3) is 16.6. The fourth-order valence-corrected chi connectivity index (χ4v) is 5.65. The first kappa shape index (κ1) is 32.2. The number of unbranched alkanes of at least 4 members (excludes halogenated alkanes) is 18. The summed E-state index contributed by atoms with van der Waals surface area (Å²) in [5.74, 6) is 2.05. The van der Waals surface area contributed by atoms with E-state index < -0.39 is 0 Å². The number of rotatable bonds is 26. The number of aromatic nitrogens is 2. The lowest BCUT2D eigenvalue weighted by Gasteiger charge is -2.22. The lowest BCUT2D eigenvalue weighted by atomic mass is 9.93.